The Kier molecular flexibility index (Phi) is 4.69. The van der Waals surface area contributed by atoms with Gasteiger partial charge in [0, 0.05) is 12.6 Å². The molecule has 2 heterocycles. The smallest absolute Gasteiger partial charge is 0.295 e. The van der Waals surface area contributed by atoms with Crippen LogP contribution in [-0.4, -0.2) is 40.1 Å². The van der Waals surface area contributed by atoms with Crippen molar-refractivity contribution in [1.29, 1.82) is 5.26 Å². The molecule has 1 N–H and O–H groups in total. The van der Waals surface area contributed by atoms with E-state index in [1.54, 1.807) is 4.90 Å². The van der Waals surface area contributed by atoms with Crippen LogP contribution in [0, 0.1) is 11.3 Å². The first-order valence-electron chi connectivity index (χ1n) is 6.88. The van der Waals surface area contributed by atoms with Crippen molar-refractivity contribution < 1.29 is 9.32 Å². The topological polar surface area (TPSA) is 95.0 Å². The zero-order chi connectivity index (χ0) is 14.5. The van der Waals surface area contributed by atoms with Gasteiger partial charge in [0.2, 0.25) is 5.89 Å². The summed E-state index contributed by atoms with van der Waals surface area (Å²) < 4.78 is 5.17. The molecule has 20 heavy (non-hydrogen) atoms. The zero-order valence-corrected chi connectivity index (χ0v) is 11.8. The van der Waals surface area contributed by atoms with E-state index in [-0.39, 0.29) is 23.8 Å². The fourth-order valence-corrected chi connectivity index (χ4v) is 2.25. The first-order chi connectivity index (χ1) is 9.63. The lowest BCUT2D eigenvalue weighted by molar-refractivity contribution is 0.0694. The van der Waals surface area contributed by atoms with Crippen LogP contribution < -0.4 is 5.32 Å². The van der Waals surface area contributed by atoms with Crippen LogP contribution in [-0.2, 0) is 0 Å². The molecule has 0 bridgehead atoms. The Bertz CT molecular complexity index is 499. The summed E-state index contributed by atoms with van der Waals surface area (Å²) in [5.74, 6) is 0.249. The third kappa shape index (κ3) is 3.14. The van der Waals surface area contributed by atoms with Gasteiger partial charge in [-0.3, -0.25) is 4.79 Å². The molecule has 7 heteroatoms. The first-order valence-corrected chi connectivity index (χ1v) is 6.88. The minimum absolute atomic E-state index is 0.0117. The van der Waals surface area contributed by atoms with Gasteiger partial charge in [0.25, 0.3) is 11.7 Å². The molecule has 0 saturated carbocycles. The molecule has 0 aliphatic carbocycles. The van der Waals surface area contributed by atoms with Crippen LogP contribution in [0.3, 0.4) is 0 Å². The average Bonchev–Trinajstić information content (AvgIpc) is 3.09. The highest BCUT2D eigenvalue weighted by Gasteiger charge is 2.27. The van der Waals surface area contributed by atoms with Crippen molar-refractivity contribution >= 4 is 5.91 Å². The molecule has 1 atom stereocenters. The highest BCUT2D eigenvalue weighted by molar-refractivity contribution is 5.90. The van der Waals surface area contributed by atoms with Crippen LogP contribution in [0.5, 0.6) is 0 Å². The van der Waals surface area contributed by atoms with E-state index in [2.05, 4.69) is 15.5 Å². The summed E-state index contributed by atoms with van der Waals surface area (Å²) in [6.07, 6.45) is 2.30. The lowest BCUT2D eigenvalue weighted by atomic mass is 10.2. The second-order valence-electron chi connectivity index (χ2n) is 5.11. The highest BCUT2D eigenvalue weighted by atomic mass is 16.5. The summed E-state index contributed by atoms with van der Waals surface area (Å²) in [5, 5.41) is 15.7. The van der Waals surface area contributed by atoms with Crippen molar-refractivity contribution in [1.82, 2.24) is 20.4 Å². The van der Waals surface area contributed by atoms with Crippen molar-refractivity contribution in [3.63, 3.8) is 0 Å². The van der Waals surface area contributed by atoms with Crippen LogP contribution in [0.4, 0.5) is 0 Å². The lowest BCUT2D eigenvalue weighted by Crippen LogP contribution is -2.38. The molecule has 0 radical (unpaired) electrons. The van der Waals surface area contributed by atoms with Crippen LogP contribution in [0.1, 0.15) is 55.7 Å². The molecule has 1 aromatic heterocycles. The lowest BCUT2D eigenvalue weighted by Gasteiger charge is -2.24. The number of nitrogens with zero attached hydrogens (tertiary/aromatic N) is 4. The number of aromatic nitrogens is 2. The molecule has 0 spiro atoms. The van der Waals surface area contributed by atoms with Crippen molar-refractivity contribution in [2.45, 2.75) is 45.2 Å². The Morgan fingerprint density at radius 1 is 1.65 bits per heavy atom. The highest BCUT2D eigenvalue weighted by Crippen LogP contribution is 2.21. The molecule has 1 aliphatic heterocycles. The number of rotatable bonds is 5. The van der Waals surface area contributed by atoms with Crippen LogP contribution >= 0.6 is 0 Å². The Balaban J connectivity index is 2.09. The third-order valence-corrected chi connectivity index (χ3v) is 3.34. The van der Waals surface area contributed by atoms with Crippen molar-refractivity contribution in [2.75, 3.05) is 13.1 Å². The van der Waals surface area contributed by atoms with Gasteiger partial charge in [-0.25, -0.2) is 0 Å². The van der Waals surface area contributed by atoms with Crippen LogP contribution in [0.25, 0.3) is 0 Å². The summed E-state index contributed by atoms with van der Waals surface area (Å²) >= 11 is 0. The minimum atomic E-state index is -0.289. The van der Waals surface area contributed by atoms with E-state index in [1.807, 2.05) is 19.9 Å². The number of nitrogens with one attached hydrogen (secondary N) is 1. The van der Waals surface area contributed by atoms with Gasteiger partial charge >= 0.3 is 0 Å². The molecule has 2 rings (SSSR count). The molecule has 108 valence electrons. The fraction of sp³-hybridized carbons (Fsp3) is 0.692. The summed E-state index contributed by atoms with van der Waals surface area (Å²) in [7, 11) is 0. The number of hydrogen-bond donors (Lipinski definition) is 1. The van der Waals surface area contributed by atoms with E-state index in [9.17, 15) is 4.79 Å². The number of carbonyl (C=O) groups is 1. The Morgan fingerprint density at radius 2 is 2.45 bits per heavy atom. The summed E-state index contributed by atoms with van der Waals surface area (Å²) in [5.41, 5.74) is 0. The Morgan fingerprint density at radius 3 is 3.05 bits per heavy atom. The van der Waals surface area contributed by atoms with Crippen molar-refractivity contribution in [3.05, 3.63) is 11.7 Å². The molecule has 0 aromatic carbocycles. The second kappa shape index (κ2) is 6.48. The van der Waals surface area contributed by atoms with E-state index in [1.165, 1.54) is 0 Å². The van der Waals surface area contributed by atoms with Gasteiger partial charge in [0.15, 0.2) is 0 Å². The number of amides is 1. The van der Waals surface area contributed by atoms with E-state index in [0.717, 1.165) is 19.4 Å². The summed E-state index contributed by atoms with van der Waals surface area (Å²) in [6, 6.07) is 2.08. The maximum absolute atomic E-state index is 12.3. The fourth-order valence-electron chi connectivity index (χ4n) is 2.25. The molecule has 1 amide bonds. The van der Waals surface area contributed by atoms with Gasteiger partial charge in [0.1, 0.15) is 0 Å². The van der Waals surface area contributed by atoms with Gasteiger partial charge in [-0.15, -0.1) is 0 Å². The normalized spacial score (nSPS) is 18.2. The largest absolute Gasteiger partial charge is 0.337 e. The van der Waals surface area contributed by atoms with Gasteiger partial charge in [-0.2, -0.15) is 10.2 Å². The predicted octanol–water partition coefficient (Wildman–Crippen LogP) is 1.26. The number of carbonyl (C=O) groups excluding carboxylic acids is 1. The maximum Gasteiger partial charge on any atom is 0.295 e. The quantitative estimate of drug-likeness (QED) is 0.870. The monoisotopic (exact) mass is 277 g/mol. The molecular weight excluding hydrogens is 258 g/mol. The van der Waals surface area contributed by atoms with Gasteiger partial charge < -0.3 is 14.7 Å². The third-order valence-electron chi connectivity index (χ3n) is 3.34. The predicted molar refractivity (Wildman–Crippen MR) is 70.7 cm³/mol. The van der Waals surface area contributed by atoms with Crippen molar-refractivity contribution in [3.8, 4) is 6.07 Å². The number of hydrogen-bond acceptors (Lipinski definition) is 6. The van der Waals surface area contributed by atoms with E-state index < -0.39 is 0 Å². The Labute approximate surface area is 117 Å². The van der Waals surface area contributed by atoms with Crippen LogP contribution in [0.15, 0.2) is 4.52 Å². The van der Waals surface area contributed by atoms with Gasteiger partial charge in [-0.05, 0) is 33.2 Å². The van der Waals surface area contributed by atoms with Crippen molar-refractivity contribution in [2.24, 2.45) is 0 Å². The van der Waals surface area contributed by atoms with Gasteiger partial charge in [0.05, 0.1) is 18.5 Å². The maximum atomic E-state index is 12.3. The molecule has 1 saturated heterocycles. The molecule has 1 fully saturated rings. The molecule has 1 unspecified atom stereocenters. The minimum Gasteiger partial charge on any atom is -0.337 e. The second-order valence-corrected chi connectivity index (χ2v) is 5.11. The standard InChI is InChI=1S/C13H19N5O2/c1-9(2)18(8-4-6-14)13(19)11-16-12(20-17-11)10-5-3-7-15-10/h9-10,15H,3-5,7-8H2,1-2H3. The zero-order valence-electron chi connectivity index (χ0n) is 11.8. The van der Waals surface area contributed by atoms with E-state index in [0.29, 0.717) is 18.9 Å². The molecule has 7 nitrogen and oxygen atoms in total. The molecular formula is C13H19N5O2. The average molecular weight is 277 g/mol. The SMILES string of the molecule is CC(C)N(CCC#N)C(=O)c1noc(C2CCCN2)n1. The van der Waals surface area contributed by atoms with Gasteiger partial charge in [-0.1, -0.05) is 5.16 Å². The van der Waals surface area contributed by atoms with E-state index >= 15 is 0 Å². The molecule has 1 aliphatic rings. The number of nitriles is 1. The van der Waals surface area contributed by atoms with Crippen LogP contribution in [0.2, 0.25) is 0 Å². The summed E-state index contributed by atoms with van der Waals surface area (Å²) in [6.45, 7) is 5.10. The Hall–Kier alpha value is -1.94. The van der Waals surface area contributed by atoms with E-state index in [4.69, 9.17) is 9.78 Å². The first kappa shape index (κ1) is 14.5. The summed E-state index contributed by atoms with van der Waals surface area (Å²) in [4.78, 5) is 18.1. The molecule has 1 aromatic rings.